The fourth-order valence-corrected chi connectivity index (χ4v) is 1.71. The van der Waals surface area contributed by atoms with E-state index in [9.17, 15) is 9.59 Å². The normalized spacial score (nSPS) is 11.8. The van der Waals surface area contributed by atoms with Crippen LogP contribution in [-0.2, 0) is 4.79 Å². The van der Waals surface area contributed by atoms with Crippen molar-refractivity contribution < 1.29 is 14.7 Å². The number of aliphatic hydroxyl groups excluding tert-OH is 1. The average Bonchev–Trinajstić information content (AvgIpc) is 2.34. The molecule has 1 unspecified atom stereocenters. The first kappa shape index (κ1) is 15.5. The quantitative estimate of drug-likeness (QED) is 0.844. The molecule has 104 valence electrons. The van der Waals surface area contributed by atoms with E-state index in [1.807, 2.05) is 0 Å². The smallest absolute Gasteiger partial charge is 0.251 e. The molecule has 1 rings (SSSR count). The number of nitrogens with zero attached hydrogens (tertiary/aromatic N) is 1. The minimum atomic E-state index is -0.599. The van der Waals surface area contributed by atoms with Crippen LogP contribution in [0.15, 0.2) is 24.3 Å². The third-order valence-electron chi connectivity index (χ3n) is 2.45. The van der Waals surface area contributed by atoms with Gasteiger partial charge in [0.15, 0.2) is 0 Å². The van der Waals surface area contributed by atoms with Crippen LogP contribution in [0.5, 0.6) is 0 Å². The fraction of sp³-hybridized carbons (Fsp3) is 0.385. The number of aliphatic hydroxyl groups is 1. The van der Waals surface area contributed by atoms with E-state index in [1.54, 1.807) is 32.2 Å². The van der Waals surface area contributed by atoms with E-state index < -0.39 is 6.10 Å². The molecule has 6 heteroatoms. The molecule has 0 saturated carbocycles. The molecule has 1 aromatic carbocycles. The zero-order valence-electron chi connectivity index (χ0n) is 10.9. The number of likely N-dealkylation sites (N-methyl/N-ethyl adjacent to an activating group) is 1. The van der Waals surface area contributed by atoms with Crippen molar-refractivity contribution in [3.05, 3.63) is 34.9 Å². The Bertz CT molecular complexity index is 463. The molecule has 1 aromatic rings. The SMILES string of the molecule is CC(O)CN(C)C(=O)CNC(=O)c1cccc(Cl)c1. The Morgan fingerprint density at radius 3 is 2.74 bits per heavy atom. The van der Waals surface area contributed by atoms with Crippen LogP contribution in [0.25, 0.3) is 0 Å². The summed E-state index contributed by atoms with van der Waals surface area (Å²) in [5.41, 5.74) is 0.401. The van der Waals surface area contributed by atoms with Gasteiger partial charge in [-0.2, -0.15) is 0 Å². The van der Waals surface area contributed by atoms with Crippen LogP contribution >= 0.6 is 11.6 Å². The first-order valence-electron chi connectivity index (χ1n) is 5.86. The third-order valence-corrected chi connectivity index (χ3v) is 2.69. The Kier molecular flexibility index (Phi) is 5.79. The second-order valence-corrected chi connectivity index (χ2v) is 4.75. The molecule has 0 aliphatic rings. The maximum atomic E-state index is 11.8. The van der Waals surface area contributed by atoms with Crippen LogP contribution in [0.3, 0.4) is 0 Å². The Labute approximate surface area is 117 Å². The highest BCUT2D eigenvalue weighted by Gasteiger charge is 2.13. The van der Waals surface area contributed by atoms with E-state index in [-0.39, 0.29) is 24.9 Å². The lowest BCUT2D eigenvalue weighted by Crippen LogP contribution is -2.40. The Morgan fingerprint density at radius 1 is 1.47 bits per heavy atom. The van der Waals surface area contributed by atoms with Crippen LogP contribution in [0.2, 0.25) is 5.02 Å². The number of nitrogens with one attached hydrogen (secondary N) is 1. The van der Waals surface area contributed by atoms with Crippen molar-refractivity contribution in [3.8, 4) is 0 Å². The number of halogens is 1. The van der Waals surface area contributed by atoms with Crippen molar-refractivity contribution in [2.45, 2.75) is 13.0 Å². The van der Waals surface area contributed by atoms with Crippen molar-refractivity contribution in [3.63, 3.8) is 0 Å². The molecule has 19 heavy (non-hydrogen) atoms. The predicted octanol–water partition coefficient (Wildman–Crippen LogP) is 0.909. The first-order valence-corrected chi connectivity index (χ1v) is 6.23. The minimum absolute atomic E-state index is 0.117. The fourth-order valence-electron chi connectivity index (χ4n) is 1.52. The molecule has 0 radical (unpaired) electrons. The van der Waals surface area contributed by atoms with Gasteiger partial charge in [-0.25, -0.2) is 0 Å². The molecule has 0 fully saturated rings. The lowest BCUT2D eigenvalue weighted by molar-refractivity contribution is -0.129. The van der Waals surface area contributed by atoms with Crippen molar-refractivity contribution in [1.82, 2.24) is 10.2 Å². The van der Waals surface area contributed by atoms with Gasteiger partial charge < -0.3 is 15.3 Å². The summed E-state index contributed by atoms with van der Waals surface area (Å²) in [6, 6.07) is 6.48. The summed E-state index contributed by atoms with van der Waals surface area (Å²) in [6.07, 6.45) is -0.599. The van der Waals surface area contributed by atoms with Gasteiger partial charge in [-0.05, 0) is 25.1 Å². The third kappa shape index (κ3) is 5.28. The van der Waals surface area contributed by atoms with Crippen molar-refractivity contribution >= 4 is 23.4 Å². The largest absolute Gasteiger partial charge is 0.392 e. The lowest BCUT2D eigenvalue weighted by Gasteiger charge is -2.18. The molecule has 0 heterocycles. The molecule has 0 aliphatic carbocycles. The summed E-state index contributed by atoms with van der Waals surface area (Å²) in [5, 5.41) is 12.1. The summed E-state index contributed by atoms with van der Waals surface area (Å²) in [5.74, 6) is -0.627. The maximum Gasteiger partial charge on any atom is 0.251 e. The summed E-state index contributed by atoms with van der Waals surface area (Å²) >= 11 is 5.78. The Balaban J connectivity index is 2.48. The van der Waals surface area contributed by atoms with Gasteiger partial charge in [-0.15, -0.1) is 0 Å². The van der Waals surface area contributed by atoms with Gasteiger partial charge in [0.2, 0.25) is 5.91 Å². The molecular formula is C13H17ClN2O3. The van der Waals surface area contributed by atoms with Crippen molar-refractivity contribution in [1.29, 1.82) is 0 Å². The summed E-state index contributed by atoms with van der Waals surface area (Å²) < 4.78 is 0. The van der Waals surface area contributed by atoms with Crippen LogP contribution < -0.4 is 5.32 Å². The van der Waals surface area contributed by atoms with Gasteiger partial charge in [0.25, 0.3) is 5.91 Å². The Morgan fingerprint density at radius 2 is 2.16 bits per heavy atom. The van der Waals surface area contributed by atoms with Crippen LogP contribution in [-0.4, -0.2) is 48.1 Å². The number of carbonyl (C=O) groups excluding carboxylic acids is 2. The zero-order chi connectivity index (χ0) is 14.4. The highest BCUT2D eigenvalue weighted by atomic mass is 35.5. The highest BCUT2D eigenvalue weighted by Crippen LogP contribution is 2.10. The van der Waals surface area contributed by atoms with Gasteiger partial charge in [0.05, 0.1) is 12.6 Å². The lowest BCUT2D eigenvalue weighted by atomic mass is 10.2. The molecule has 0 aliphatic heterocycles. The maximum absolute atomic E-state index is 11.8. The minimum Gasteiger partial charge on any atom is -0.392 e. The second kappa shape index (κ2) is 7.11. The summed E-state index contributed by atoms with van der Waals surface area (Å²) in [7, 11) is 1.57. The molecule has 0 saturated heterocycles. The molecule has 2 N–H and O–H groups in total. The monoisotopic (exact) mass is 284 g/mol. The van der Waals surface area contributed by atoms with E-state index in [0.29, 0.717) is 10.6 Å². The predicted molar refractivity (Wildman–Crippen MR) is 73.1 cm³/mol. The molecular weight excluding hydrogens is 268 g/mol. The van der Waals surface area contributed by atoms with E-state index >= 15 is 0 Å². The van der Waals surface area contributed by atoms with Crippen LogP contribution in [0, 0.1) is 0 Å². The van der Waals surface area contributed by atoms with E-state index in [2.05, 4.69) is 5.32 Å². The van der Waals surface area contributed by atoms with Gasteiger partial charge in [0.1, 0.15) is 0 Å². The topological polar surface area (TPSA) is 69.6 Å². The number of benzene rings is 1. The summed E-state index contributed by atoms with van der Waals surface area (Å²) in [4.78, 5) is 24.8. The average molecular weight is 285 g/mol. The molecule has 0 aromatic heterocycles. The first-order chi connectivity index (χ1) is 8.90. The number of rotatable bonds is 5. The van der Waals surface area contributed by atoms with Gasteiger partial charge in [0, 0.05) is 24.2 Å². The molecule has 5 nitrogen and oxygen atoms in total. The zero-order valence-corrected chi connectivity index (χ0v) is 11.6. The van der Waals surface area contributed by atoms with Gasteiger partial charge in [-0.1, -0.05) is 17.7 Å². The van der Waals surface area contributed by atoms with Crippen LogP contribution in [0.1, 0.15) is 17.3 Å². The van der Waals surface area contributed by atoms with E-state index in [1.165, 1.54) is 11.0 Å². The van der Waals surface area contributed by atoms with Crippen LogP contribution in [0.4, 0.5) is 0 Å². The number of carbonyl (C=O) groups is 2. The van der Waals surface area contributed by atoms with E-state index in [0.717, 1.165) is 0 Å². The van der Waals surface area contributed by atoms with E-state index in [4.69, 9.17) is 16.7 Å². The number of hydrogen-bond acceptors (Lipinski definition) is 3. The summed E-state index contributed by atoms with van der Waals surface area (Å²) in [6.45, 7) is 1.70. The molecule has 0 bridgehead atoms. The molecule has 2 amide bonds. The van der Waals surface area contributed by atoms with Crippen molar-refractivity contribution in [2.75, 3.05) is 20.1 Å². The molecule has 1 atom stereocenters. The Hall–Kier alpha value is -1.59. The second-order valence-electron chi connectivity index (χ2n) is 4.32. The number of amides is 2. The standard InChI is InChI=1S/C13H17ClN2O3/c1-9(17)8-16(2)12(18)7-15-13(19)10-4-3-5-11(14)6-10/h3-6,9,17H,7-8H2,1-2H3,(H,15,19). The van der Waals surface area contributed by atoms with Crippen molar-refractivity contribution in [2.24, 2.45) is 0 Å². The van der Waals surface area contributed by atoms with Gasteiger partial charge in [-0.3, -0.25) is 9.59 Å². The van der Waals surface area contributed by atoms with Gasteiger partial charge >= 0.3 is 0 Å². The number of hydrogen-bond donors (Lipinski definition) is 2. The highest BCUT2D eigenvalue weighted by molar-refractivity contribution is 6.30. The molecule has 0 spiro atoms.